The third-order valence-electron chi connectivity index (χ3n) is 5.65. The van der Waals surface area contributed by atoms with Crippen molar-refractivity contribution < 1.29 is 41.0 Å². The van der Waals surface area contributed by atoms with Crippen LogP contribution in [0.1, 0.15) is 35.3 Å². The summed E-state index contributed by atoms with van der Waals surface area (Å²) < 4.78 is 82.3. The van der Waals surface area contributed by atoms with E-state index in [-0.39, 0.29) is 29.5 Å². The molecular weight excluding hydrogens is 765 g/mol. The quantitative estimate of drug-likeness (QED) is 0.0638. The lowest BCUT2D eigenvalue weighted by molar-refractivity contribution is -0.114. The third-order valence-corrected chi connectivity index (χ3v) is 7.07. The maximum Gasteiger partial charge on any atom is 0.338 e. The Balaban J connectivity index is 1.65. The zero-order valence-corrected chi connectivity index (χ0v) is 24.9. The molecule has 0 spiro atoms. The summed E-state index contributed by atoms with van der Waals surface area (Å²) in [6.45, 7) is 3.41. The number of hydrogen-bond acceptors (Lipinski definition) is 5. The van der Waals surface area contributed by atoms with Crippen LogP contribution in [-0.4, -0.2) is 24.2 Å². The van der Waals surface area contributed by atoms with E-state index < -0.39 is 46.6 Å². The summed E-state index contributed by atoms with van der Waals surface area (Å²) in [5.41, 5.74) is -0.0877. The van der Waals surface area contributed by atoms with E-state index in [1.54, 1.807) is 37.3 Å². The zero-order valence-electron chi connectivity index (χ0n) is 20.6. The van der Waals surface area contributed by atoms with Gasteiger partial charge in [0, 0.05) is 9.13 Å². The fourth-order valence-electron chi connectivity index (χ4n) is 3.72. The van der Waals surface area contributed by atoms with Crippen molar-refractivity contribution in [1.82, 2.24) is 0 Å². The Morgan fingerprint density at radius 2 is 1.57 bits per heavy atom. The standard InChI is InChI=1S/C27H17F5I2N2O4/c1-3-39-27(38)14-6-4-13(5-7-14)11-40-25-15(8-16(33)10-18(25)34)9-17-12(2)35-36(26(17)37)24-22(31)20(29)19(28)21(30)23(24)32/h4-10H,3,11H2,1-2H3/b17-9-. The lowest BCUT2D eigenvalue weighted by Crippen LogP contribution is -2.25. The van der Waals surface area contributed by atoms with Crippen molar-refractivity contribution in [2.75, 3.05) is 11.6 Å². The van der Waals surface area contributed by atoms with Crippen LogP contribution in [0.5, 0.6) is 5.75 Å². The minimum atomic E-state index is -2.34. The summed E-state index contributed by atoms with van der Waals surface area (Å²) >= 11 is 4.10. The van der Waals surface area contributed by atoms with Gasteiger partial charge < -0.3 is 9.47 Å². The summed E-state index contributed by atoms with van der Waals surface area (Å²) in [6.07, 6.45) is 1.37. The van der Waals surface area contributed by atoms with Crippen molar-refractivity contribution in [3.05, 3.63) is 94.9 Å². The molecule has 0 aromatic heterocycles. The van der Waals surface area contributed by atoms with E-state index in [0.29, 0.717) is 20.4 Å². The molecule has 1 aliphatic heterocycles. The SMILES string of the molecule is CCOC(=O)c1ccc(COc2c(I)cc(I)cc2/C=C2\C(=O)N(c3c(F)c(F)c(F)c(F)c3F)N=C2C)cc1. The number of carbonyl (C=O) groups excluding carboxylic acids is 2. The number of nitrogens with zero attached hydrogens (tertiary/aromatic N) is 2. The smallest absolute Gasteiger partial charge is 0.338 e. The molecule has 4 rings (SSSR count). The molecule has 0 N–H and O–H groups in total. The summed E-state index contributed by atoms with van der Waals surface area (Å²) in [5, 5.41) is 3.92. The van der Waals surface area contributed by atoms with Crippen LogP contribution in [0.3, 0.4) is 0 Å². The highest BCUT2D eigenvalue weighted by Gasteiger charge is 2.37. The van der Waals surface area contributed by atoms with Crippen molar-refractivity contribution in [3.8, 4) is 5.75 Å². The summed E-state index contributed by atoms with van der Waals surface area (Å²) in [4.78, 5) is 25.0. The van der Waals surface area contributed by atoms with Gasteiger partial charge in [0.1, 0.15) is 18.0 Å². The van der Waals surface area contributed by atoms with Gasteiger partial charge in [-0.05, 0) is 94.9 Å². The van der Waals surface area contributed by atoms with Gasteiger partial charge >= 0.3 is 5.97 Å². The van der Waals surface area contributed by atoms with Crippen LogP contribution in [0.25, 0.3) is 6.08 Å². The largest absolute Gasteiger partial charge is 0.487 e. The van der Waals surface area contributed by atoms with Crippen LogP contribution >= 0.6 is 45.2 Å². The molecular formula is C27H17F5I2N2O4. The molecule has 6 nitrogen and oxygen atoms in total. The molecule has 13 heteroatoms. The Morgan fingerprint density at radius 1 is 0.975 bits per heavy atom. The molecule has 1 amide bonds. The number of carbonyl (C=O) groups is 2. The van der Waals surface area contributed by atoms with E-state index in [1.807, 2.05) is 28.7 Å². The highest BCUT2D eigenvalue weighted by atomic mass is 127. The van der Waals surface area contributed by atoms with Gasteiger partial charge in [0.25, 0.3) is 5.91 Å². The van der Waals surface area contributed by atoms with Crippen LogP contribution in [0.4, 0.5) is 27.6 Å². The van der Waals surface area contributed by atoms with E-state index in [1.165, 1.54) is 13.0 Å². The van der Waals surface area contributed by atoms with Gasteiger partial charge in [-0.3, -0.25) is 4.79 Å². The van der Waals surface area contributed by atoms with Crippen molar-refractivity contribution in [2.45, 2.75) is 20.5 Å². The second-order valence-corrected chi connectivity index (χ2v) is 10.7. The molecule has 0 aliphatic carbocycles. The van der Waals surface area contributed by atoms with Crippen LogP contribution in [-0.2, 0) is 16.1 Å². The molecule has 0 unspecified atom stereocenters. The first-order valence-corrected chi connectivity index (χ1v) is 13.6. The fraction of sp³-hybridized carbons (Fsp3) is 0.148. The molecule has 3 aromatic carbocycles. The number of hydrazone groups is 1. The normalized spacial score (nSPS) is 14.1. The molecule has 40 heavy (non-hydrogen) atoms. The number of esters is 1. The molecule has 0 bridgehead atoms. The van der Waals surface area contributed by atoms with Gasteiger partial charge in [-0.1, -0.05) is 12.1 Å². The van der Waals surface area contributed by atoms with Gasteiger partial charge in [-0.2, -0.15) is 10.1 Å². The van der Waals surface area contributed by atoms with E-state index in [0.717, 1.165) is 9.13 Å². The maximum atomic E-state index is 14.4. The third kappa shape index (κ3) is 5.84. The molecule has 3 aromatic rings. The molecule has 1 aliphatic rings. The van der Waals surface area contributed by atoms with Gasteiger partial charge in [0.2, 0.25) is 5.82 Å². The minimum absolute atomic E-state index is 0.0108. The second kappa shape index (κ2) is 12.2. The lowest BCUT2D eigenvalue weighted by Gasteiger charge is -2.15. The molecule has 1 heterocycles. The number of anilines is 1. The molecule has 0 atom stereocenters. The molecule has 0 radical (unpaired) electrons. The van der Waals surface area contributed by atoms with E-state index in [9.17, 15) is 31.5 Å². The molecule has 0 saturated carbocycles. The lowest BCUT2D eigenvalue weighted by atomic mass is 10.1. The van der Waals surface area contributed by atoms with E-state index >= 15 is 0 Å². The van der Waals surface area contributed by atoms with Gasteiger partial charge in [-0.25, -0.2) is 26.7 Å². The monoisotopic (exact) mass is 782 g/mol. The Labute approximate surface area is 252 Å². The number of amides is 1. The van der Waals surface area contributed by atoms with E-state index in [4.69, 9.17) is 9.47 Å². The van der Waals surface area contributed by atoms with Crippen LogP contribution in [0.15, 0.2) is 47.1 Å². The molecule has 0 fully saturated rings. The summed E-state index contributed by atoms with van der Waals surface area (Å²) in [6, 6.07) is 10.1. The fourth-order valence-corrected chi connectivity index (χ4v) is 5.76. The predicted molar refractivity (Wildman–Crippen MR) is 153 cm³/mol. The minimum Gasteiger partial charge on any atom is -0.487 e. The molecule has 0 saturated heterocycles. The average Bonchev–Trinajstić information content (AvgIpc) is 3.19. The van der Waals surface area contributed by atoms with Crippen LogP contribution in [0, 0.1) is 36.2 Å². The number of hydrogen-bond donors (Lipinski definition) is 0. The Hall–Kier alpha value is -3.08. The average molecular weight is 782 g/mol. The van der Waals surface area contributed by atoms with Crippen LogP contribution < -0.4 is 9.75 Å². The van der Waals surface area contributed by atoms with E-state index in [2.05, 4.69) is 27.7 Å². The number of benzene rings is 3. The van der Waals surface area contributed by atoms with Gasteiger partial charge in [0.15, 0.2) is 23.3 Å². The topological polar surface area (TPSA) is 68.2 Å². The molecule has 208 valence electrons. The van der Waals surface area contributed by atoms with Gasteiger partial charge in [0.05, 0.1) is 27.0 Å². The number of ether oxygens (including phenoxy) is 2. The Morgan fingerprint density at radius 3 is 2.17 bits per heavy atom. The number of rotatable bonds is 7. The zero-order chi connectivity index (χ0) is 29.3. The number of halogens is 7. The first kappa shape index (κ1) is 29.9. The summed E-state index contributed by atoms with van der Waals surface area (Å²) in [5.74, 6) is -12.2. The van der Waals surface area contributed by atoms with Crippen molar-refractivity contribution >= 4 is 74.5 Å². The second-order valence-electron chi connectivity index (χ2n) is 8.29. The Bertz CT molecular complexity index is 1560. The maximum absolute atomic E-state index is 14.4. The summed E-state index contributed by atoms with van der Waals surface area (Å²) in [7, 11) is 0. The van der Waals surface area contributed by atoms with Crippen molar-refractivity contribution in [1.29, 1.82) is 0 Å². The Kier molecular flexibility index (Phi) is 9.12. The van der Waals surface area contributed by atoms with Gasteiger partial charge in [-0.15, -0.1) is 0 Å². The van der Waals surface area contributed by atoms with Crippen molar-refractivity contribution in [2.24, 2.45) is 5.10 Å². The first-order valence-electron chi connectivity index (χ1n) is 11.5. The van der Waals surface area contributed by atoms with Crippen molar-refractivity contribution in [3.63, 3.8) is 0 Å². The highest BCUT2D eigenvalue weighted by molar-refractivity contribution is 14.1. The van der Waals surface area contributed by atoms with Crippen LogP contribution in [0.2, 0.25) is 0 Å². The first-order chi connectivity index (χ1) is 18.9. The highest BCUT2D eigenvalue weighted by Crippen LogP contribution is 2.36. The predicted octanol–water partition coefficient (Wildman–Crippen LogP) is 7.15.